The van der Waals surface area contributed by atoms with E-state index in [1.165, 1.54) is 11.3 Å². The molecule has 0 aliphatic rings. The molecule has 0 spiro atoms. The number of carbonyl (C=O) groups is 2. The van der Waals surface area contributed by atoms with Crippen molar-refractivity contribution in [3.63, 3.8) is 0 Å². The zero-order valence-corrected chi connectivity index (χ0v) is 12.9. The molecule has 2 aromatic rings. The topological polar surface area (TPSA) is 91.3 Å². The van der Waals surface area contributed by atoms with Crippen LogP contribution in [0.25, 0.3) is 0 Å². The number of amides is 2. The van der Waals surface area contributed by atoms with E-state index in [1.807, 2.05) is 13.0 Å². The fourth-order valence-electron chi connectivity index (χ4n) is 1.84. The number of benzene rings is 1. The molecule has 6 nitrogen and oxygen atoms in total. The number of urea groups is 1. The number of nitrogens with zero attached hydrogens (tertiary/aromatic N) is 1. The summed E-state index contributed by atoms with van der Waals surface area (Å²) < 4.78 is 0. The van der Waals surface area contributed by atoms with Gasteiger partial charge in [-0.2, -0.15) is 0 Å². The number of anilines is 2. The van der Waals surface area contributed by atoms with Gasteiger partial charge >= 0.3 is 12.0 Å². The molecule has 0 unspecified atom stereocenters. The summed E-state index contributed by atoms with van der Waals surface area (Å²) in [4.78, 5) is 27.7. The second-order valence-electron chi connectivity index (χ2n) is 4.66. The summed E-state index contributed by atoms with van der Waals surface area (Å²) in [7, 11) is 0. The highest BCUT2D eigenvalue weighted by Gasteiger charge is 2.07. The molecule has 2 rings (SSSR count). The van der Waals surface area contributed by atoms with Crippen molar-refractivity contribution in [1.29, 1.82) is 0 Å². The van der Waals surface area contributed by atoms with Gasteiger partial charge in [0.1, 0.15) is 0 Å². The van der Waals surface area contributed by atoms with Crippen LogP contribution in [0.3, 0.4) is 0 Å². The molecular formula is C15H17N3O3S. The Hall–Kier alpha value is -2.41. The van der Waals surface area contributed by atoms with Crippen molar-refractivity contribution in [2.24, 2.45) is 0 Å². The molecule has 0 saturated heterocycles. The van der Waals surface area contributed by atoms with Gasteiger partial charge in [0.2, 0.25) is 0 Å². The van der Waals surface area contributed by atoms with Gasteiger partial charge < -0.3 is 10.4 Å². The van der Waals surface area contributed by atoms with Gasteiger partial charge in [0.15, 0.2) is 5.13 Å². The van der Waals surface area contributed by atoms with Crippen molar-refractivity contribution in [1.82, 2.24) is 4.98 Å². The molecule has 116 valence electrons. The SMILES string of the molecule is CCc1cnc(NC(=O)Nc2cccc(CCC(=O)O)c2)s1. The van der Waals surface area contributed by atoms with Gasteiger partial charge in [-0.1, -0.05) is 19.1 Å². The Morgan fingerprint density at radius 3 is 2.82 bits per heavy atom. The van der Waals surface area contributed by atoms with Crippen LogP contribution in [0.1, 0.15) is 23.8 Å². The molecule has 0 aliphatic heterocycles. The van der Waals surface area contributed by atoms with E-state index < -0.39 is 5.97 Å². The molecule has 1 aromatic carbocycles. The van der Waals surface area contributed by atoms with E-state index in [0.717, 1.165) is 16.9 Å². The molecule has 1 aromatic heterocycles. The Kier molecular flexibility index (Phi) is 5.48. The standard InChI is InChI=1S/C15H17N3O3S/c1-2-12-9-16-15(22-12)18-14(21)17-11-5-3-4-10(8-11)6-7-13(19)20/h3-5,8-9H,2,6-7H2,1H3,(H,19,20)(H2,16,17,18,21). The average molecular weight is 319 g/mol. The lowest BCUT2D eigenvalue weighted by molar-refractivity contribution is -0.136. The van der Waals surface area contributed by atoms with Crippen LogP contribution in [0.5, 0.6) is 0 Å². The minimum atomic E-state index is -0.841. The molecule has 3 N–H and O–H groups in total. The van der Waals surface area contributed by atoms with Crippen LogP contribution >= 0.6 is 11.3 Å². The quantitative estimate of drug-likeness (QED) is 0.761. The molecule has 0 saturated carbocycles. The van der Waals surface area contributed by atoms with Gasteiger partial charge in [0, 0.05) is 23.2 Å². The first-order valence-electron chi connectivity index (χ1n) is 6.90. The van der Waals surface area contributed by atoms with E-state index in [-0.39, 0.29) is 12.5 Å². The predicted molar refractivity (Wildman–Crippen MR) is 86.5 cm³/mol. The summed E-state index contributed by atoms with van der Waals surface area (Å²) in [5.41, 5.74) is 1.48. The number of hydrogen-bond donors (Lipinski definition) is 3. The molecule has 0 aliphatic carbocycles. The number of thiazole rings is 1. The highest BCUT2D eigenvalue weighted by molar-refractivity contribution is 7.15. The summed E-state index contributed by atoms with van der Waals surface area (Å²) in [5.74, 6) is -0.841. The summed E-state index contributed by atoms with van der Waals surface area (Å²) in [5, 5.41) is 14.6. The number of carboxylic acids is 1. The highest BCUT2D eigenvalue weighted by Crippen LogP contribution is 2.19. The zero-order chi connectivity index (χ0) is 15.9. The Labute approximate surface area is 132 Å². The second kappa shape index (κ2) is 7.56. The zero-order valence-electron chi connectivity index (χ0n) is 12.1. The maximum Gasteiger partial charge on any atom is 0.325 e. The lowest BCUT2D eigenvalue weighted by Crippen LogP contribution is -2.19. The van der Waals surface area contributed by atoms with E-state index in [4.69, 9.17) is 5.11 Å². The number of aliphatic carboxylic acids is 1. The van der Waals surface area contributed by atoms with Gasteiger partial charge in [-0.25, -0.2) is 9.78 Å². The maximum absolute atomic E-state index is 11.9. The Balaban J connectivity index is 1.93. The van der Waals surface area contributed by atoms with Crippen LogP contribution in [-0.4, -0.2) is 22.1 Å². The highest BCUT2D eigenvalue weighted by atomic mass is 32.1. The maximum atomic E-state index is 11.9. The summed E-state index contributed by atoms with van der Waals surface area (Å²) in [6, 6.07) is 6.77. The number of aromatic nitrogens is 1. The average Bonchev–Trinajstić information content (AvgIpc) is 2.93. The molecule has 2 amide bonds. The van der Waals surface area contributed by atoms with Crippen molar-refractivity contribution >= 4 is 34.2 Å². The third-order valence-electron chi connectivity index (χ3n) is 2.93. The van der Waals surface area contributed by atoms with Gasteiger partial charge in [-0.3, -0.25) is 10.1 Å². The van der Waals surface area contributed by atoms with Crippen LogP contribution in [0.15, 0.2) is 30.5 Å². The van der Waals surface area contributed by atoms with Crippen molar-refractivity contribution in [2.45, 2.75) is 26.2 Å². The van der Waals surface area contributed by atoms with Crippen LogP contribution in [0, 0.1) is 0 Å². The fraction of sp³-hybridized carbons (Fsp3) is 0.267. The molecule has 0 bridgehead atoms. The molecule has 0 radical (unpaired) electrons. The fourth-order valence-corrected chi connectivity index (χ4v) is 2.59. The van der Waals surface area contributed by atoms with E-state index in [9.17, 15) is 9.59 Å². The van der Waals surface area contributed by atoms with Gasteiger partial charge in [-0.05, 0) is 30.5 Å². The molecule has 7 heteroatoms. The second-order valence-corrected chi connectivity index (χ2v) is 5.77. The molecule has 22 heavy (non-hydrogen) atoms. The van der Waals surface area contributed by atoms with Crippen molar-refractivity contribution < 1.29 is 14.7 Å². The number of rotatable bonds is 6. The minimum absolute atomic E-state index is 0.0640. The van der Waals surface area contributed by atoms with E-state index in [0.29, 0.717) is 17.2 Å². The minimum Gasteiger partial charge on any atom is -0.481 e. The number of nitrogens with one attached hydrogen (secondary N) is 2. The predicted octanol–water partition coefficient (Wildman–Crippen LogP) is 3.37. The Bertz CT molecular complexity index is 670. The number of carbonyl (C=O) groups excluding carboxylic acids is 1. The first-order valence-corrected chi connectivity index (χ1v) is 7.72. The number of carboxylic acid groups (broad SMARTS) is 1. The van der Waals surface area contributed by atoms with Crippen molar-refractivity contribution in [2.75, 3.05) is 10.6 Å². The van der Waals surface area contributed by atoms with E-state index >= 15 is 0 Å². The van der Waals surface area contributed by atoms with Gasteiger partial charge in [0.25, 0.3) is 0 Å². The number of aryl methyl sites for hydroxylation is 2. The lowest BCUT2D eigenvalue weighted by Gasteiger charge is -2.07. The smallest absolute Gasteiger partial charge is 0.325 e. The molecule has 0 atom stereocenters. The van der Waals surface area contributed by atoms with Gasteiger partial charge in [-0.15, -0.1) is 11.3 Å². The third-order valence-corrected chi connectivity index (χ3v) is 3.99. The number of hydrogen-bond acceptors (Lipinski definition) is 4. The van der Waals surface area contributed by atoms with Crippen molar-refractivity contribution in [3.05, 3.63) is 40.9 Å². The van der Waals surface area contributed by atoms with Crippen LogP contribution in [-0.2, 0) is 17.6 Å². The third kappa shape index (κ3) is 4.85. The summed E-state index contributed by atoms with van der Waals surface area (Å²) >= 11 is 1.44. The van der Waals surface area contributed by atoms with E-state index in [2.05, 4.69) is 15.6 Å². The first kappa shape index (κ1) is 16.0. The Morgan fingerprint density at radius 1 is 1.32 bits per heavy atom. The van der Waals surface area contributed by atoms with Crippen LogP contribution < -0.4 is 10.6 Å². The monoisotopic (exact) mass is 319 g/mol. The molecular weight excluding hydrogens is 302 g/mol. The van der Waals surface area contributed by atoms with Crippen LogP contribution in [0.4, 0.5) is 15.6 Å². The molecule has 0 fully saturated rings. The van der Waals surface area contributed by atoms with Gasteiger partial charge in [0.05, 0.1) is 0 Å². The lowest BCUT2D eigenvalue weighted by atomic mass is 10.1. The normalized spacial score (nSPS) is 10.2. The van der Waals surface area contributed by atoms with Crippen LogP contribution in [0.2, 0.25) is 0 Å². The largest absolute Gasteiger partial charge is 0.481 e. The molecule has 1 heterocycles. The summed E-state index contributed by atoms with van der Waals surface area (Å²) in [6.07, 6.45) is 3.12. The summed E-state index contributed by atoms with van der Waals surface area (Å²) in [6.45, 7) is 2.03. The van der Waals surface area contributed by atoms with Crippen molar-refractivity contribution in [3.8, 4) is 0 Å². The Morgan fingerprint density at radius 2 is 2.14 bits per heavy atom. The van der Waals surface area contributed by atoms with E-state index in [1.54, 1.807) is 24.4 Å². The first-order chi connectivity index (χ1) is 10.6.